The van der Waals surface area contributed by atoms with Gasteiger partial charge in [0.2, 0.25) is 0 Å². The maximum atomic E-state index is 12.3. The number of nitrogens with zero attached hydrogens (tertiary/aromatic N) is 1. The molecule has 1 amide bonds. The van der Waals surface area contributed by atoms with Gasteiger partial charge in [0.15, 0.2) is 6.61 Å². The van der Waals surface area contributed by atoms with Crippen LogP contribution in [-0.2, 0) is 4.79 Å². The van der Waals surface area contributed by atoms with Crippen LogP contribution in [0.25, 0.3) is 10.8 Å². The zero-order chi connectivity index (χ0) is 14.9. The SMILES string of the molecule is Cl.O=C(COc1ccc2ccccc2c1)N1C[C@H]2CNC[C@H]2C1. The standard InChI is InChI=1S/C18H20N2O2.ClH/c21-18(20-10-15-8-19-9-16(15)11-20)12-22-17-6-5-13-3-1-2-4-14(13)7-17;/h1-7,15-16,19H,8-12H2;1H/t15-,16+;. The number of ether oxygens (including phenoxy) is 1. The predicted molar refractivity (Wildman–Crippen MR) is 93.1 cm³/mol. The molecule has 2 atom stereocenters. The first kappa shape index (κ1) is 16.1. The van der Waals surface area contributed by atoms with Crippen LogP contribution < -0.4 is 10.1 Å². The molecule has 0 bridgehead atoms. The molecular formula is C18H21ClN2O2. The lowest BCUT2D eigenvalue weighted by atomic mass is 10.0. The fourth-order valence-electron chi connectivity index (χ4n) is 3.55. The summed E-state index contributed by atoms with van der Waals surface area (Å²) in [5, 5.41) is 5.70. The van der Waals surface area contributed by atoms with E-state index in [-0.39, 0.29) is 24.9 Å². The summed E-state index contributed by atoms with van der Waals surface area (Å²) in [6.07, 6.45) is 0. The van der Waals surface area contributed by atoms with Gasteiger partial charge in [0.05, 0.1) is 0 Å². The van der Waals surface area contributed by atoms with Crippen LogP contribution in [-0.4, -0.2) is 43.6 Å². The number of hydrogen-bond donors (Lipinski definition) is 1. The van der Waals surface area contributed by atoms with E-state index in [2.05, 4.69) is 17.4 Å². The van der Waals surface area contributed by atoms with Crippen molar-refractivity contribution >= 4 is 29.1 Å². The highest BCUT2D eigenvalue weighted by atomic mass is 35.5. The summed E-state index contributed by atoms with van der Waals surface area (Å²) in [6.45, 7) is 3.96. The minimum Gasteiger partial charge on any atom is -0.484 e. The first-order valence-electron chi connectivity index (χ1n) is 7.90. The van der Waals surface area contributed by atoms with E-state index in [0.29, 0.717) is 11.8 Å². The summed E-state index contributed by atoms with van der Waals surface area (Å²) in [6, 6.07) is 14.1. The molecule has 2 heterocycles. The molecule has 4 nitrogen and oxygen atoms in total. The predicted octanol–water partition coefficient (Wildman–Crippen LogP) is 2.32. The third kappa shape index (κ3) is 3.28. The topological polar surface area (TPSA) is 41.6 Å². The summed E-state index contributed by atoms with van der Waals surface area (Å²) in [5.41, 5.74) is 0. The molecular weight excluding hydrogens is 312 g/mol. The maximum absolute atomic E-state index is 12.3. The number of rotatable bonds is 3. The normalized spacial score (nSPS) is 22.7. The van der Waals surface area contributed by atoms with Gasteiger partial charge in [0.1, 0.15) is 5.75 Å². The van der Waals surface area contributed by atoms with Gasteiger partial charge < -0.3 is 15.0 Å². The highest BCUT2D eigenvalue weighted by molar-refractivity contribution is 5.85. The van der Waals surface area contributed by atoms with E-state index in [1.165, 1.54) is 5.39 Å². The minimum absolute atomic E-state index is 0. The molecule has 0 radical (unpaired) electrons. The number of likely N-dealkylation sites (tertiary alicyclic amines) is 1. The van der Waals surface area contributed by atoms with E-state index in [1.807, 2.05) is 35.2 Å². The fourth-order valence-corrected chi connectivity index (χ4v) is 3.55. The molecule has 2 fully saturated rings. The van der Waals surface area contributed by atoms with Crippen LogP contribution in [0.15, 0.2) is 42.5 Å². The second kappa shape index (κ2) is 6.77. The Kier molecular flexibility index (Phi) is 4.74. The molecule has 0 aromatic heterocycles. The van der Waals surface area contributed by atoms with Crippen molar-refractivity contribution in [3.05, 3.63) is 42.5 Å². The van der Waals surface area contributed by atoms with E-state index in [4.69, 9.17) is 4.74 Å². The molecule has 122 valence electrons. The van der Waals surface area contributed by atoms with E-state index < -0.39 is 0 Å². The molecule has 4 rings (SSSR count). The number of carbonyl (C=O) groups excluding carboxylic acids is 1. The number of fused-ring (bicyclic) bond motifs is 2. The minimum atomic E-state index is 0. The lowest BCUT2D eigenvalue weighted by molar-refractivity contribution is -0.132. The molecule has 0 spiro atoms. The molecule has 0 aliphatic carbocycles. The highest BCUT2D eigenvalue weighted by Gasteiger charge is 2.37. The Morgan fingerprint density at radius 3 is 2.52 bits per heavy atom. The van der Waals surface area contributed by atoms with Gasteiger partial charge >= 0.3 is 0 Å². The number of hydrogen-bond acceptors (Lipinski definition) is 3. The second-order valence-corrected chi connectivity index (χ2v) is 6.27. The van der Waals surface area contributed by atoms with Gasteiger partial charge in [0.25, 0.3) is 5.91 Å². The van der Waals surface area contributed by atoms with E-state index in [9.17, 15) is 4.79 Å². The Hall–Kier alpha value is -1.78. The molecule has 0 saturated carbocycles. The fraction of sp³-hybridized carbons (Fsp3) is 0.389. The van der Waals surface area contributed by atoms with Gasteiger partial charge in [-0.25, -0.2) is 0 Å². The van der Waals surface area contributed by atoms with Crippen LogP contribution in [0.3, 0.4) is 0 Å². The number of halogens is 1. The van der Waals surface area contributed by atoms with Crippen LogP contribution in [0, 0.1) is 11.8 Å². The van der Waals surface area contributed by atoms with Crippen molar-refractivity contribution in [2.75, 3.05) is 32.8 Å². The number of nitrogens with one attached hydrogen (secondary N) is 1. The smallest absolute Gasteiger partial charge is 0.260 e. The van der Waals surface area contributed by atoms with Gasteiger partial charge in [-0.05, 0) is 34.7 Å². The Morgan fingerprint density at radius 1 is 1.09 bits per heavy atom. The van der Waals surface area contributed by atoms with Gasteiger partial charge in [-0.3, -0.25) is 4.79 Å². The number of carbonyl (C=O) groups is 1. The molecule has 1 N–H and O–H groups in total. The molecule has 2 aromatic carbocycles. The van der Waals surface area contributed by atoms with Crippen LogP contribution in [0.2, 0.25) is 0 Å². The molecule has 2 aliphatic heterocycles. The summed E-state index contributed by atoms with van der Waals surface area (Å²) in [7, 11) is 0. The molecule has 2 aromatic rings. The molecule has 2 saturated heterocycles. The van der Waals surface area contributed by atoms with Crippen molar-refractivity contribution in [3.63, 3.8) is 0 Å². The third-order valence-electron chi connectivity index (χ3n) is 4.83. The Morgan fingerprint density at radius 2 is 1.78 bits per heavy atom. The first-order chi connectivity index (χ1) is 10.8. The average Bonchev–Trinajstić information content (AvgIpc) is 3.14. The monoisotopic (exact) mass is 332 g/mol. The van der Waals surface area contributed by atoms with Crippen molar-refractivity contribution in [1.29, 1.82) is 0 Å². The van der Waals surface area contributed by atoms with Crippen LogP contribution >= 0.6 is 12.4 Å². The lowest BCUT2D eigenvalue weighted by Gasteiger charge is -2.17. The summed E-state index contributed by atoms with van der Waals surface area (Å²) >= 11 is 0. The summed E-state index contributed by atoms with van der Waals surface area (Å²) in [5.74, 6) is 2.12. The third-order valence-corrected chi connectivity index (χ3v) is 4.83. The Bertz CT molecular complexity index is 694. The first-order valence-corrected chi connectivity index (χ1v) is 7.90. The van der Waals surface area contributed by atoms with Crippen LogP contribution in [0.1, 0.15) is 0 Å². The zero-order valence-electron chi connectivity index (χ0n) is 12.9. The van der Waals surface area contributed by atoms with Crippen LogP contribution in [0.4, 0.5) is 0 Å². The van der Waals surface area contributed by atoms with Crippen molar-refractivity contribution in [3.8, 4) is 5.75 Å². The highest BCUT2D eigenvalue weighted by Crippen LogP contribution is 2.26. The second-order valence-electron chi connectivity index (χ2n) is 6.27. The van der Waals surface area contributed by atoms with Crippen molar-refractivity contribution < 1.29 is 9.53 Å². The number of benzene rings is 2. The summed E-state index contributed by atoms with van der Waals surface area (Å²) < 4.78 is 5.70. The number of amides is 1. The van der Waals surface area contributed by atoms with E-state index >= 15 is 0 Å². The quantitative estimate of drug-likeness (QED) is 0.938. The summed E-state index contributed by atoms with van der Waals surface area (Å²) in [4.78, 5) is 14.2. The van der Waals surface area contributed by atoms with Gasteiger partial charge in [0, 0.05) is 26.2 Å². The van der Waals surface area contributed by atoms with Crippen LogP contribution in [0.5, 0.6) is 5.75 Å². The van der Waals surface area contributed by atoms with Crippen molar-refractivity contribution in [2.45, 2.75) is 0 Å². The zero-order valence-corrected chi connectivity index (χ0v) is 13.7. The Balaban J connectivity index is 0.00000156. The lowest BCUT2D eigenvalue weighted by Crippen LogP contribution is -2.35. The average molecular weight is 333 g/mol. The largest absolute Gasteiger partial charge is 0.484 e. The molecule has 2 aliphatic rings. The molecule has 5 heteroatoms. The van der Waals surface area contributed by atoms with Crippen molar-refractivity contribution in [1.82, 2.24) is 10.2 Å². The Labute approximate surface area is 142 Å². The van der Waals surface area contributed by atoms with Gasteiger partial charge in [-0.2, -0.15) is 0 Å². The molecule has 0 unspecified atom stereocenters. The van der Waals surface area contributed by atoms with E-state index in [1.54, 1.807) is 0 Å². The van der Waals surface area contributed by atoms with Gasteiger partial charge in [-0.1, -0.05) is 30.3 Å². The van der Waals surface area contributed by atoms with Gasteiger partial charge in [-0.15, -0.1) is 12.4 Å². The van der Waals surface area contributed by atoms with Crippen molar-refractivity contribution in [2.24, 2.45) is 11.8 Å². The van der Waals surface area contributed by atoms with E-state index in [0.717, 1.165) is 37.3 Å². The maximum Gasteiger partial charge on any atom is 0.260 e. The molecule has 23 heavy (non-hydrogen) atoms.